The Morgan fingerprint density at radius 1 is 0.963 bits per heavy atom. The Hall–Kier alpha value is -2.04. The minimum absolute atomic E-state index is 0.00569. The molecule has 1 N–H and O–H groups in total. The van der Waals surface area contributed by atoms with E-state index in [1.165, 1.54) is 11.1 Å². The lowest BCUT2D eigenvalue weighted by Crippen LogP contribution is -2.48. The average molecular weight is 367 g/mol. The van der Waals surface area contributed by atoms with Gasteiger partial charge in [0.15, 0.2) is 0 Å². The van der Waals surface area contributed by atoms with Crippen LogP contribution in [0.1, 0.15) is 62.0 Å². The predicted molar refractivity (Wildman–Crippen MR) is 104 cm³/mol. The SMILES string of the molecule is O=C(NC1CC1)N1CCC2(CC1)CC(C(=O)N1CCCC1)c1ccccc12. The zero-order valence-corrected chi connectivity index (χ0v) is 16.0. The lowest BCUT2D eigenvalue weighted by Gasteiger charge is -2.40. The molecule has 1 spiro atoms. The fourth-order valence-corrected chi connectivity index (χ4v) is 5.38. The second kappa shape index (κ2) is 6.54. The highest BCUT2D eigenvalue weighted by atomic mass is 16.2. The van der Waals surface area contributed by atoms with E-state index in [1.54, 1.807) is 0 Å². The Morgan fingerprint density at radius 3 is 2.37 bits per heavy atom. The summed E-state index contributed by atoms with van der Waals surface area (Å²) >= 11 is 0. The normalized spacial score (nSPS) is 26.3. The van der Waals surface area contributed by atoms with Gasteiger partial charge in [-0.05, 0) is 56.1 Å². The number of rotatable bonds is 2. The standard InChI is InChI=1S/C22H29N3O2/c26-20(24-11-3-4-12-24)18-15-22(19-6-2-1-5-17(18)19)9-13-25(14-10-22)21(27)23-16-7-8-16/h1-2,5-6,16,18H,3-4,7-15H2,(H,23,27). The van der Waals surface area contributed by atoms with E-state index in [0.29, 0.717) is 11.9 Å². The first-order valence-corrected chi connectivity index (χ1v) is 10.6. The van der Waals surface area contributed by atoms with Crippen LogP contribution in [0.25, 0.3) is 0 Å². The summed E-state index contributed by atoms with van der Waals surface area (Å²) in [5.41, 5.74) is 2.67. The molecule has 5 nitrogen and oxygen atoms in total. The molecule has 1 unspecified atom stereocenters. The summed E-state index contributed by atoms with van der Waals surface area (Å²) in [4.78, 5) is 29.6. The Bertz CT molecular complexity index is 744. The molecular formula is C22H29N3O2. The maximum Gasteiger partial charge on any atom is 0.317 e. The van der Waals surface area contributed by atoms with Crippen molar-refractivity contribution in [2.45, 2.75) is 62.3 Å². The first-order valence-electron chi connectivity index (χ1n) is 10.6. The molecule has 0 radical (unpaired) electrons. The molecule has 2 aliphatic heterocycles. The van der Waals surface area contributed by atoms with E-state index in [1.807, 2.05) is 4.90 Å². The Kier molecular flexibility index (Phi) is 4.14. The van der Waals surface area contributed by atoms with Crippen LogP contribution in [-0.4, -0.2) is 54.0 Å². The Morgan fingerprint density at radius 2 is 1.67 bits per heavy atom. The van der Waals surface area contributed by atoms with Crippen LogP contribution < -0.4 is 5.32 Å². The maximum absolute atomic E-state index is 13.2. The molecular weight excluding hydrogens is 338 g/mol. The van der Waals surface area contributed by atoms with Gasteiger partial charge in [-0.15, -0.1) is 0 Å². The number of piperidine rings is 1. The molecule has 1 aromatic carbocycles. The van der Waals surface area contributed by atoms with Gasteiger partial charge >= 0.3 is 6.03 Å². The van der Waals surface area contributed by atoms with E-state index in [0.717, 1.165) is 71.1 Å². The van der Waals surface area contributed by atoms with E-state index in [2.05, 4.69) is 34.5 Å². The van der Waals surface area contributed by atoms with Gasteiger partial charge in [0.1, 0.15) is 0 Å². The van der Waals surface area contributed by atoms with Gasteiger partial charge in [-0.25, -0.2) is 4.79 Å². The van der Waals surface area contributed by atoms with Crippen LogP contribution in [0, 0.1) is 0 Å². The van der Waals surface area contributed by atoms with E-state index in [4.69, 9.17) is 0 Å². The molecule has 2 heterocycles. The number of nitrogens with zero attached hydrogens (tertiary/aromatic N) is 2. The number of fused-ring (bicyclic) bond motifs is 2. The first kappa shape index (κ1) is 17.1. The van der Waals surface area contributed by atoms with Crippen molar-refractivity contribution < 1.29 is 9.59 Å². The zero-order chi connectivity index (χ0) is 18.4. The van der Waals surface area contributed by atoms with Gasteiger partial charge < -0.3 is 15.1 Å². The summed E-state index contributed by atoms with van der Waals surface area (Å²) in [5.74, 6) is 0.330. The molecule has 5 heteroatoms. The maximum atomic E-state index is 13.2. The number of carbonyl (C=O) groups is 2. The third kappa shape index (κ3) is 3.01. The van der Waals surface area contributed by atoms with Crippen molar-refractivity contribution in [3.8, 4) is 0 Å². The van der Waals surface area contributed by atoms with Crippen LogP contribution in [0.2, 0.25) is 0 Å². The average Bonchev–Trinajstić information content (AvgIpc) is 3.23. The molecule has 1 atom stereocenters. The van der Waals surface area contributed by atoms with Crippen LogP contribution in [0.3, 0.4) is 0 Å². The molecule has 2 saturated heterocycles. The van der Waals surface area contributed by atoms with Gasteiger partial charge in [0.05, 0.1) is 5.92 Å². The van der Waals surface area contributed by atoms with Crippen LogP contribution in [-0.2, 0) is 10.2 Å². The largest absolute Gasteiger partial charge is 0.342 e. The topological polar surface area (TPSA) is 52.7 Å². The fraction of sp³-hybridized carbons (Fsp3) is 0.636. The van der Waals surface area contributed by atoms with E-state index in [-0.39, 0.29) is 17.4 Å². The number of amides is 3. The summed E-state index contributed by atoms with van der Waals surface area (Å²) in [7, 11) is 0. The van der Waals surface area contributed by atoms with Crippen molar-refractivity contribution in [3.05, 3.63) is 35.4 Å². The summed E-state index contributed by atoms with van der Waals surface area (Å²) < 4.78 is 0. The molecule has 1 aromatic rings. The number of carbonyl (C=O) groups excluding carboxylic acids is 2. The Balaban J connectivity index is 1.34. The molecule has 2 aliphatic carbocycles. The van der Waals surface area contributed by atoms with Crippen molar-refractivity contribution >= 4 is 11.9 Å². The molecule has 4 aliphatic rings. The molecule has 144 valence electrons. The molecule has 0 aromatic heterocycles. The minimum atomic E-state index is 0.00569. The second-order valence-corrected chi connectivity index (χ2v) is 8.87. The quantitative estimate of drug-likeness (QED) is 0.874. The summed E-state index contributed by atoms with van der Waals surface area (Å²) in [6, 6.07) is 9.07. The second-order valence-electron chi connectivity index (χ2n) is 8.87. The number of likely N-dealkylation sites (tertiary alicyclic amines) is 2. The van der Waals surface area contributed by atoms with E-state index < -0.39 is 0 Å². The molecule has 27 heavy (non-hydrogen) atoms. The molecule has 1 saturated carbocycles. The fourth-order valence-electron chi connectivity index (χ4n) is 5.38. The van der Waals surface area contributed by atoms with Crippen molar-refractivity contribution in [2.24, 2.45) is 0 Å². The number of hydrogen-bond donors (Lipinski definition) is 1. The minimum Gasteiger partial charge on any atom is -0.342 e. The first-order chi connectivity index (χ1) is 13.2. The van der Waals surface area contributed by atoms with Gasteiger partial charge in [-0.3, -0.25) is 4.79 Å². The lowest BCUT2D eigenvalue weighted by molar-refractivity contribution is -0.132. The highest BCUT2D eigenvalue weighted by molar-refractivity contribution is 5.86. The van der Waals surface area contributed by atoms with Gasteiger partial charge in [0.2, 0.25) is 5.91 Å². The summed E-state index contributed by atoms with van der Waals surface area (Å²) in [6.45, 7) is 3.41. The zero-order valence-electron chi connectivity index (χ0n) is 16.0. The highest BCUT2D eigenvalue weighted by Crippen LogP contribution is 2.52. The van der Waals surface area contributed by atoms with Crippen LogP contribution in [0.4, 0.5) is 4.79 Å². The molecule has 0 bridgehead atoms. The van der Waals surface area contributed by atoms with Crippen LogP contribution in [0.5, 0.6) is 0 Å². The molecule has 3 fully saturated rings. The smallest absolute Gasteiger partial charge is 0.317 e. The Labute approximate surface area is 161 Å². The number of urea groups is 1. The predicted octanol–water partition coefficient (Wildman–Crippen LogP) is 3.00. The number of benzene rings is 1. The van der Waals surface area contributed by atoms with Gasteiger partial charge in [-0.1, -0.05) is 24.3 Å². The third-order valence-corrected chi connectivity index (χ3v) is 7.13. The highest BCUT2D eigenvalue weighted by Gasteiger charge is 2.48. The van der Waals surface area contributed by atoms with Gasteiger partial charge in [-0.2, -0.15) is 0 Å². The van der Waals surface area contributed by atoms with Crippen molar-refractivity contribution in [2.75, 3.05) is 26.2 Å². The van der Waals surface area contributed by atoms with Gasteiger partial charge in [0, 0.05) is 37.6 Å². The number of hydrogen-bond acceptors (Lipinski definition) is 2. The lowest BCUT2D eigenvalue weighted by atomic mass is 9.73. The monoisotopic (exact) mass is 367 g/mol. The van der Waals surface area contributed by atoms with Crippen molar-refractivity contribution in [3.63, 3.8) is 0 Å². The van der Waals surface area contributed by atoms with E-state index in [9.17, 15) is 9.59 Å². The third-order valence-electron chi connectivity index (χ3n) is 7.13. The van der Waals surface area contributed by atoms with Crippen LogP contribution >= 0.6 is 0 Å². The van der Waals surface area contributed by atoms with E-state index >= 15 is 0 Å². The summed E-state index contributed by atoms with van der Waals surface area (Å²) in [6.07, 6.45) is 7.36. The van der Waals surface area contributed by atoms with Crippen molar-refractivity contribution in [1.29, 1.82) is 0 Å². The van der Waals surface area contributed by atoms with Crippen LogP contribution in [0.15, 0.2) is 24.3 Å². The van der Waals surface area contributed by atoms with Gasteiger partial charge in [0.25, 0.3) is 0 Å². The molecule has 5 rings (SSSR count). The molecule has 3 amide bonds. The number of nitrogens with one attached hydrogen (secondary N) is 1. The summed E-state index contributed by atoms with van der Waals surface area (Å²) in [5, 5.41) is 3.11. The van der Waals surface area contributed by atoms with Crippen molar-refractivity contribution in [1.82, 2.24) is 15.1 Å².